The summed E-state index contributed by atoms with van der Waals surface area (Å²) in [6, 6.07) is 9.93. The molecule has 11 heteroatoms. The molecule has 1 fully saturated rings. The summed E-state index contributed by atoms with van der Waals surface area (Å²) in [6.07, 6.45) is 0.811. The van der Waals surface area contributed by atoms with Crippen LogP contribution in [0.15, 0.2) is 46.1 Å². The van der Waals surface area contributed by atoms with Crippen molar-refractivity contribution < 1.29 is 18.0 Å². The summed E-state index contributed by atoms with van der Waals surface area (Å²) in [5.41, 5.74) is 2.61. The standard InChI is InChI=1S/C24H28N4O5S2/c1-4-9-28-21-8-7-19(15-22(21)34-24(28)31)35(32,33)27-12-10-26(11-13-27)23(30)18-6-5-16(2)20(14-18)25-17(3)29/h5-8,14-15H,4,9-13H2,1-3H3,(H,25,29). The number of hydrogen-bond acceptors (Lipinski definition) is 6. The average Bonchev–Trinajstić information content (AvgIpc) is 3.14. The molecule has 186 valence electrons. The van der Waals surface area contributed by atoms with Gasteiger partial charge in [-0.3, -0.25) is 19.0 Å². The second-order valence-electron chi connectivity index (χ2n) is 8.56. The van der Waals surface area contributed by atoms with Crippen LogP contribution in [0.3, 0.4) is 0 Å². The first kappa shape index (κ1) is 25.1. The van der Waals surface area contributed by atoms with Crippen LogP contribution in [0.4, 0.5) is 5.69 Å². The molecule has 2 heterocycles. The van der Waals surface area contributed by atoms with Gasteiger partial charge in [0.2, 0.25) is 15.9 Å². The molecule has 1 aromatic heterocycles. The molecule has 4 rings (SSSR count). The van der Waals surface area contributed by atoms with E-state index in [2.05, 4.69) is 5.32 Å². The van der Waals surface area contributed by atoms with E-state index in [9.17, 15) is 22.8 Å². The van der Waals surface area contributed by atoms with Gasteiger partial charge in [-0.15, -0.1) is 0 Å². The van der Waals surface area contributed by atoms with E-state index in [1.54, 1.807) is 45.9 Å². The first-order chi connectivity index (χ1) is 16.6. The van der Waals surface area contributed by atoms with E-state index in [0.717, 1.165) is 28.8 Å². The fourth-order valence-corrected chi connectivity index (χ4v) is 6.67. The summed E-state index contributed by atoms with van der Waals surface area (Å²) in [5.74, 6) is -0.430. The number of amides is 2. The molecule has 1 N–H and O–H groups in total. The number of carbonyl (C=O) groups excluding carboxylic acids is 2. The van der Waals surface area contributed by atoms with Crippen molar-refractivity contribution in [2.24, 2.45) is 0 Å². The largest absolute Gasteiger partial charge is 0.336 e. The molecular weight excluding hydrogens is 488 g/mol. The molecule has 0 bridgehead atoms. The van der Waals surface area contributed by atoms with E-state index in [1.165, 1.54) is 11.2 Å². The molecule has 1 aliphatic heterocycles. The lowest BCUT2D eigenvalue weighted by Crippen LogP contribution is -2.50. The molecule has 0 atom stereocenters. The molecule has 9 nitrogen and oxygen atoms in total. The molecule has 0 radical (unpaired) electrons. The number of benzene rings is 2. The fourth-order valence-electron chi connectivity index (χ4n) is 4.19. The van der Waals surface area contributed by atoms with Crippen molar-refractivity contribution in [3.8, 4) is 0 Å². The van der Waals surface area contributed by atoms with Crippen LogP contribution in [0, 0.1) is 6.92 Å². The van der Waals surface area contributed by atoms with Gasteiger partial charge >= 0.3 is 4.87 Å². The molecule has 0 unspecified atom stereocenters. The summed E-state index contributed by atoms with van der Waals surface area (Å²) in [7, 11) is -3.77. The summed E-state index contributed by atoms with van der Waals surface area (Å²) in [6.45, 7) is 6.68. The lowest BCUT2D eigenvalue weighted by Gasteiger charge is -2.34. The second kappa shape index (κ2) is 9.92. The monoisotopic (exact) mass is 516 g/mol. The van der Waals surface area contributed by atoms with Crippen molar-refractivity contribution in [3.05, 3.63) is 57.2 Å². The highest BCUT2D eigenvalue weighted by Gasteiger charge is 2.31. The second-order valence-corrected chi connectivity index (χ2v) is 11.5. The van der Waals surface area contributed by atoms with Gasteiger partial charge in [0.05, 0.1) is 15.1 Å². The number of fused-ring (bicyclic) bond motifs is 1. The fraction of sp³-hybridized carbons (Fsp3) is 0.375. The highest BCUT2D eigenvalue weighted by Crippen LogP contribution is 2.25. The number of hydrogen-bond donors (Lipinski definition) is 1. The van der Waals surface area contributed by atoms with E-state index in [4.69, 9.17) is 0 Å². The molecule has 0 aliphatic carbocycles. The van der Waals surface area contributed by atoms with E-state index in [-0.39, 0.29) is 47.8 Å². The van der Waals surface area contributed by atoms with Crippen LogP contribution in [-0.2, 0) is 21.4 Å². The van der Waals surface area contributed by atoms with Gasteiger partial charge in [0.25, 0.3) is 5.91 Å². The first-order valence-corrected chi connectivity index (χ1v) is 13.7. The zero-order valence-corrected chi connectivity index (χ0v) is 21.5. The summed E-state index contributed by atoms with van der Waals surface area (Å²) in [4.78, 5) is 38.4. The molecule has 0 spiro atoms. The number of nitrogens with zero attached hydrogens (tertiary/aromatic N) is 3. The van der Waals surface area contributed by atoms with Gasteiger partial charge in [0.1, 0.15) is 0 Å². The Morgan fingerprint density at radius 3 is 2.43 bits per heavy atom. The Bertz CT molecular complexity index is 1450. The third-order valence-electron chi connectivity index (χ3n) is 6.05. The quantitative estimate of drug-likeness (QED) is 0.542. The van der Waals surface area contributed by atoms with Crippen LogP contribution in [0.1, 0.15) is 36.2 Å². The van der Waals surface area contributed by atoms with E-state index in [1.807, 2.05) is 13.8 Å². The number of thiazole rings is 1. The number of aromatic nitrogens is 1. The summed E-state index contributed by atoms with van der Waals surface area (Å²) >= 11 is 1.05. The van der Waals surface area contributed by atoms with Gasteiger partial charge in [-0.1, -0.05) is 24.3 Å². The molecule has 35 heavy (non-hydrogen) atoms. The van der Waals surface area contributed by atoms with Crippen molar-refractivity contribution in [2.75, 3.05) is 31.5 Å². The number of rotatable bonds is 6. The smallest absolute Gasteiger partial charge is 0.308 e. The van der Waals surface area contributed by atoms with Crippen LogP contribution in [0.25, 0.3) is 10.2 Å². The minimum absolute atomic E-state index is 0.0960. The van der Waals surface area contributed by atoms with Crippen LogP contribution in [0.5, 0.6) is 0 Å². The molecule has 1 saturated heterocycles. The zero-order chi connectivity index (χ0) is 25.3. The third-order valence-corrected chi connectivity index (χ3v) is 8.88. The average molecular weight is 517 g/mol. The van der Waals surface area contributed by atoms with Gasteiger partial charge in [0.15, 0.2) is 0 Å². The maximum absolute atomic E-state index is 13.3. The Morgan fingerprint density at radius 1 is 1.06 bits per heavy atom. The van der Waals surface area contributed by atoms with Crippen LogP contribution < -0.4 is 10.2 Å². The minimum Gasteiger partial charge on any atom is -0.336 e. The number of aryl methyl sites for hydroxylation is 2. The van der Waals surface area contributed by atoms with Gasteiger partial charge in [0, 0.05) is 50.9 Å². The SMILES string of the molecule is CCCn1c(=O)sc2cc(S(=O)(=O)N3CCN(C(=O)c4ccc(C)c(NC(C)=O)c4)CC3)ccc21. The normalized spacial score (nSPS) is 14.9. The molecule has 1 aliphatic rings. The Labute approximate surface area is 208 Å². The maximum atomic E-state index is 13.3. The zero-order valence-electron chi connectivity index (χ0n) is 19.9. The lowest BCUT2D eigenvalue weighted by atomic mass is 10.1. The number of anilines is 1. The highest BCUT2D eigenvalue weighted by atomic mass is 32.2. The maximum Gasteiger partial charge on any atom is 0.308 e. The minimum atomic E-state index is -3.77. The van der Waals surface area contributed by atoms with E-state index < -0.39 is 10.0 Å². The van der Waals surface area contributed by atoms with Crippen molar-refractivity contribution in [1.82, 2.24) is 13.8 Å². The Morgan fingerprint density at radius 2 is 1.77 bits per heavy atom. The van der Waals surface area contributed by atoms with Crippen molar-refractivity contribution >= 4 is 49.1 Å². The number of piperazine rings is 1. The van der Waals surface area contributed by atoms with E-state index >= 15 is 0 Å². The Kier molecular flexibility index (Phi) is 7.11. The van der Waals surface area contributed by atoms with Gasteiger partial charge in [-0.05, 0) is 49.2 Å². The molecular formula is C24H28N4O5S2. The Hall–Kier alpha value is -3.02. The van der Waals surface area contributed by atoms with Crippen LogP contribution in [-0.4, -0.2) is 60.2 Å². The number of carbonyl (C=O) groups is 2. The molecule has 2 amide bonds. The van der Waals surface area contributed by atoms with Crippen molar-refractivity contribution in [3.63, 3.8) is 0 Å². The Balaban J connectivity index is 1.48. The molecule has 3 aromatic rings. The molecule has 2 aromatic carbocycles. The van der Waals surface area contributed by atoms with Crippen molar-refractivity contribution in [2.45, 2.75) is 38.6 Å². The predicted molar refractivity (Wildman–Crippen MR) is 137 cm³/mol. The van der Waals surface area contributed by atoms with Gasteiger partial charge < -0.3 is 10.2 Å². The lowest BCUT2D eigenvalue weighted by molar-refractivity contribution is -0.114. The van der Waals surface area contributed by atoms with E-state index in [0.29, 0.717) is 22.5 Å². The predicted octanol–water partition coefficient (Wildman–Crippen LogP) is 2.89. The summed E-state index contributed by atoms with van der Waals surface area (Å²) in [5, 5.41) is 2.72. The topological polar surface area (TPSA) is 109 Å². The van der Waals surface area contributed by atoms with Crippen molar-refractivity contribution in [1.29, 1.82) is 0 Å². The highest BCUT2D eigenvalue weighted by molar-refractivity contribution is 7.89. The first-order valence-electron chi connectivity index (χ1n) is 11.4. The molecule has 0 saturated carbocycles. The van der Waals surface area contributed by atoms with Crippen LogP contribution >= 0.6 is 11.3 Å². The van der Waals surface area contributed by atoms with Gasteiger partial charge in [-0.2, -0.15) is 4.31 Å². The van der Waals surface area contributed by atoms with Crippen LogP contribution in [0.2, 0.25) is 0 Å². The number of nitrogens with one attached hydrogen (secondary N) is 1. The van der Waals surface area contributed by atoms with Gasteiger partial charge in [-0.25, -0.2) is 8.42 Å². The third kappa shape index (κ3) is 5.02. The number of sulfonamides is 1. The summed E-state index contributed by atoms with van der Waals surface area (Å²) < 4.78 is 30.3.